The molecular weight excluding hydrogens is 324 g/mol. The number of hydrogen-bond donors (Lipinski definition) is 0. The molecule has 98 valence electrons. The summed E-state index contributed by atoms with van der Waals surface area (Å²) in [5.41, 5.74) is 2.36. The molecule has 2 aromatic rings. The van der Waals surface area contributed by atoms with Gasteiger partial charge in [-0.05, 0) is 35.7 Å². The molecule has 0 aromatic heterocycles. The van der Waals surface area contributed by atoms with E-state index in [2.05, 4.69) is 34.1 Å². The van der Waals surface area contributed by atoms with Crippen LogP contribution in [0, 0.1) is 0 Å². The summed E-state index contributed by atoms with van der Waals surface area (Å²) in [6.45, 7) is 0. The molecule has 19 heavy (non-hydrogen) atoms. The second-order valence-corrected chi connectivity index (χ2v) is 6.34. The molecule has 0 unspecified atom stereocenters. The lowest BCUT2D eigenvalue weighted by molar-refractivity contribution is 0.201. The predicted octanol–water partition coefficient (Wildman–Crippen LogP) is 5.12. The van der Waals surface area contributed by atoms with Gasteiger partial charge < -0.3 is 4.74 Å². The van der Waals surface area contributed by atoms with Crippen molar-refractivity contribution in [3.63, 3.8) is 0 Å². The van der Waals surface area contributed by atoms with E-state index in [1.807, 2.05) is 30.3 Å². The number of rotatable bonds is 1. The lowest BCUT2D eigenvalue weighted by Crippen LogP contribution is -2.11. The van der Waals surface area contributed by atoms with Crippen molar-refractivity contribution in [1.82, 2.24) is 0 Å². The van der Waals surface area contributed by atoms with Gasteiger partial charge in [0.2, 0.25) is 0 Å². The van der Waals surface area contributed by atoms with Gasteiger partial charge in [-0.15, -0.1) is 11.6 Å². The van der Waals surface area contributed by atoms with Crippen LogP contribution in [0.3, 0.4) is 0 Å². The average molecular weight is 338 g/mol. The van der Waals surface area contributed by atoms with Crippen molar-refractivity contribution in [2.24, 2.45) is 0 Å². The zero-order chi connectivity index (χ0) is 13.2. The Bertz CT molecular complexity index is 584. The van der Waals surface area contributed by atoms with Crippen LogP contribution in [0.1, 0.15) is 23.7 Å². The largest absolute Gasteiger partial charge is 0.485 e. The minimum Gasteiger partial charge on any atom is -0.485 e. The van der Waals surface area contributed by atoms with Gasteiger partial charge in [0.25, 0.3) is 0 Å². The van der Waals surface area contributed by atoms with E-state index in [-0.39, 0.29) is 11.5 Å². The molecule has 0 fully saturated rings. The predicted molar refractivity (Wildman–Crippen MR) is 81.9 cm³/mol. The van der Waals surface area contributed by atoms with E-state index in [9.17, 15) is 0 Å². The van der Waals surface area contributed by atoms with Crippen LogP contribution in [0.25, 0.3) is 0 Å². The fraction of sp³-hybridized carbons (Fsp3) is 0.250. The third kappa shape index (κ3) is 2.96. The molecule has 2 aromatic carbocycles. The SMILES string of the molecule is Cl[C@@H]1Cc2ccccc2O[C@@H](c2cccc(Br)c2)C1. The molecule has 3 heteroatoms. The maximum Gasteiger partial charge on any atom is 0.125 e. The number of halogens is 2. The van der Waals surface area contributed by atoms with E-state index in [4.69, 9.17) is 16.3 Å². The van der Waals surface area contributed by atoms with Crippen LogP contribution < -0.4 is 4.74 Å². The van der Waals surface area contributed by atoms with E-state index in [0.29, 0.717) is 0 Å². The number of alkyl halides is 1. The van der Waals surface area contributed by atoms with Crippen LogP contribution in [-0.2, 0) is 6.42 Å². The highest BCUT2D eigenvalue weighted by Gasteiger charge is 2.24. The zero-order valence-corrected chi connectivity index (χ0v) is 12.7. The molecule has 0 saturated carbocycles. The van der Waals surface area contributed by atoms with Gasteiger partial charge in [0.05, 0.1) is 0 Å². The van der Waals surface area contributed by atoms with Crippen LogP contribution in [0.15, 0.2) is 53.0 Å². The topological polar surface area (TPSA) is 9.23 Å². The number of para-hydroxylation sites is 1. The van der Waals surface area contributed by atoms with Crippen molar-refractivity contribution in [2.45, 2.75) is 24.3 Å². The molecule has 1 heterocycles. The minimum absolute atomic E-state index is 0.0173. The first-order valence-electron chi connectivity index (χ1n) is 6.36. The van der Waals surface area contributed by atoms with Crippen molar-refractivity contribution in [3.8, 4) is 5.75 Å². The normalized spacial score (nSPS) is 22.2. The summed E-state index contributed by atoms with van der Waals surface area (Å²) in [6.07, 6.45) is 1.71. The lowest BCUT2D eigenvalue weighted by atomic mass is 10.0. The van der Waals surface area contributed by atoms with E-state index in [1.54, 1.807) is 0 Å². The second-order valence-electron chi connectivity index (χ2n) is 4.81. The van der Waals surface area contributed by atoms with Crippen molar-refractivity contribution < 1.29 is 4.74 Å². The highest BCUT2D eigenvalue weighted by atomic mass is 79.9. The Kier molecular flexibility index (Phi) is 3.81. The molecular formula is C16H14BrClO. The summed E-state index contributed by atoms with van der Waals surface area (Å²) >= 11 is 9.95. The van der Waals surface area contributed by atoms with Gasteiger partial charge in [-0.25, -0.2) is 0 Å². The van der Waals surface area contributed by atoms with Crippen molar-refractivity contribution in [3.05, 3.63) is 64.1 Å². The van der Waals surface area contributed by atoms with Crippen molar-refractivity contribution in [2.75, 3.05) is 0 Å². The first kappa shape index (κ1) is 13.0. The van der Waals surface area contributed by atoms with Gasteiger partial charge in [-0.2, -0.15) is 0 Å². The van der Waals surface area contributed by atoms with Gasteiger partial charge in [-0.3, -0.25) is 0 Å². The molecule has 0 N–H and O–H groups in total. The molecule has 0 amide bonds. The quantitative estimate of drug-likeness (QED) is 0.656. The second kappa shape index (κ2) is 5.56. The molecule has 0 bridgehead atoms. The number of ether oxygens (including phenoxy) is 1. The first-order chi connectivity index (χ1) is 9.22. The highest BCUT2D eigenvalue weighted by Crippen LogP contribution is 2.35. The molecule has 0 aliphatic carbocycles. The summed E-state index contributed by atoms with van der Waals surface area (Å²) < 4.78 is 7.23. The zero-order valence-electron chi connectivity index (χ0n) is 10.4. The summed E-state index contributed by atoms with van der Waals surface area (Å²) in [7, 11) is 0. The van der Waals surface area contributed by atoms with Gasteiger partial charge in [0.15, 0.2) is 0 Å². The highest BCUT2D eigenvalue weighted by molar-refractivity contribution is 9.10. The number of benzene rings is 2. The monoisotopic (exact) mass is 336 g/mol. The van der Waals surface area contributed by atoms with Crippen molar-refractivity contribution >= 4 is 27.5 Å². The summed E-state index contributed by atoms with van der Waals surface area (Å²) in [4.78, 5) is 0. The van der Waals surface area contributed by atoms with Crippen LogP contribution in [0.4, 0.5) is 0 Å². The third-order valence-electron chi connectivity index (χ3n) is 3.37. The molecule has 0 spiro atoms. The minimum atomic E-state index is 0.0173. The number of fused-ring (bicyclic) bond motifs is 1. The Labute approximate surface area is 126 Å². The summed E-state index contributed by atoms with van der Waals surface area (Å²) in [5.74, 6) is 0.954. The third-order valence-corrected chi connectivity index (χ3v) is 4.20. The van der Waals surface area contributed by atoms with Gasteiger partial charge in [-0.1, -0.05) is 46.3 Å². The Balaban J connectivity index is 1.95. The van der Waals surface area contributed by atoms with Crippen LogP contribution in [0.2, 0.25) is 0 Å². The van der Waals surface area contributed by atoms with Gasteiger partial charge in [0, 0.05) is 16.3 Å². The van der Waals surface area contributed by atoms with Gasteiger partial charge >= 0.3 is 0 Å². The fourth-order valence-electron chi connectivity index (χ4n) is 2.45. The molecule has 1 aliphatic rings. The van der Waals surface area contributed by atoms with E-state index in [1.165, 1.54) is 5.56 Å². The van der Waals surface area contributed by atoms with Gasteiger partial charge in [0.1, 0.15) is 11.9 Å². The standard InChI is InChI=1S/C16H14BrClO/c17-13-6-3-5-11(8-13)16-10-14(18)9-12-4-1-2-7-15(12)19-16/h1-8,14,16H,9-10H2/t14-,16-/m1/s1. The smallest absolute Gasteiger partial charge is 0.125 e. The lowest BCUT2D eigenvalue weighted by Gasteiger charge is -2.19. The van der Waals surface area contributed by atoms with Crippen LogP contribution in [0.5, 0.6) is 5.75 Å². The molecule has 0 saturated heterocycles. The molecule has 1 nitrogen and oxygen atoms in total. The number of hydrogen-bond acceptors (Lipinski definition) is 1. The first-order valence-corrected chi connectivity index (χ1v) is 7.59. The van der Waals surface area contributed by atoms with E-state index < -0.39 is 0 Å². The maximum absolute atomic E-state index is 6.44. The Morgan fingerprint density at radius 2 is 1.95 bits per heavy atom. The maximum atomic E-state index is 6.44. The summed E-state index contributed by atoms with van der Waals surface area (Å²) in [5, 5.41) is 0.104. The molecule has 2 atom stereocenters. The van der Waals surface area contributed by atoms with E-state index in [0.717, 1.165) is 28.6 Å². The molecule has 0 radical (unpaired) electrons. The Morgan fingerprint density at radius 3 is 2.79 bits per heavy atom. The Hall–Kier alpha value is -0.990. The molecule has 1 aliphatic heterocycles. The Morgan fingerprint density at radius 1 is 1.11 bits per heavy atom. The van der Waals surface area contributed by atoms with Crippen molar-refractivity contribution in [1.29, 1.82) is 0 Å². The average Bonchev–Trinajstić information content (AvgIpc) is 2.56. The van der Waals surface area contributed by atoms with Crippen LogP contribution >= 0.6 is 27.5 Å². The fourth-order valence-corrected chi connectivity index (χ4v) is 3.20. The van der Waals surface area contributed by atoms with Crippen LogP contribution in [-0.4, -0.2) is 5.38 Å². The van der Waals surface area contributed by atoms with E-state index >= 15 is 0 Å². The molecule has 3 rings (SSSR count). The summed E-state index contributed by atoms with van der Waals surface area (Å²) in [6, 6.07) is 16.4.